The van der Waals surface area contributed by atoms with E-state index in [1.807, 2.05) is 26.0 Å². The highest BCUT2D eigenvalue weighted by Gasteiger charge is 2.54. The van der Waals surface area contributed by atoms with Crippen molar-refractivity contribution >= 4 is 29.5 Å². The fourth-order valence-electron chi connectivity index (χ4n) is 3.58. The molecule has 1 aliphatic heterocycles. The number of imide groups is 1. The SMILES string of the molecule is CCCC(CCC)NC(=O)N1C(=O)C(CCc2cccc(Cl)c2)C1C(=O)O. The van der Waals surface area contributed by atoms with Gasteiger partial charge in [0.15, 0.2) is 6.04 Å². The van der Waals surface area contributed by atoms with Crippen LogP contribution in [-0.2, 0) is 16.0 Å². The Bertz CT molecular complexity index is 688. The number of likely N-dealkylation sites (tertiary alicyclic amines) is 1. The summed E-state index contributed by atoms with van der Waals surface area (Å²) in [6, 6.07) is 5.50. The van der Waals surface area contributed by atoms with Crippen LogP contribution in [0.25, 0.3) is 0 Å². The number of urea groups is 1. The lowest BCUT2D eigenvalue weighted by Gasteiger charge is -2.43. The third-order valence-corrected chi connectivity index (χ3v) is 5.16. The molecule has 2 N–H and O–H groups in total. The number of carbonyl (C=O) groups is 3. The van der Waals surface area contributed by atoms with E-state index in [9.17, 15) is 19.5 Å². The fourth-order valence-corrected chi connectivity index (χ4v) is 3.80. The number of nitrogens with zero attached hydrogens (tertiary/aromatic N) is 1. The third-order valence-electron chi connectivity index (χ3n) is 4.92. The van der Waals surface area contributed by atoms with Crippen LogP contribution in [0, 0.1) is 5.92 Å². The monoisotopic (exact) mass is 394 g/mol. The van der Waals surface area contributed by atoms with Crippen LogP contribution in [0.15, 0.2) is 24.3 Å². The number of aliphatic carboxylic acids is 1. The Morgan fingerprint density at radius 2 is 1.93 bits per heavy atom. The zero-order valence-corrected chi connectivity index (χ0v) is 16.5. The van der Waals surface area contributed by atoms with Crippen molar-refractivity contribution in [3.63, 3.8) is 0 Å². The highest BCUT2D eigenvalue weighted by atomic mass is 35.5. The molecule has 1 fully saturated rings. The molecule has 1 aromatic rings. The molecule has 0 aliphatic carbocycles. The van der Waals surface area contributed by atoms with Gasteiger partial charge >= 0.3 is 12.0 Å². The molecule has 1 heterocycles. The number of hydrogen-bond acceptors (Lipinski definition) is 3. The Kier molecular flexibility index (Phi) is 7.66. The molecule has 3 amide bonds. The molecular formula is C20H27ClN2O4. The molecule has 2 rings (SSSR count). The van der Waals surface area contributed by atoms with E-state index in [2.05, 4.69) is 5.32 Å². The van der Waals surface area contributed by atoms with Gasteiger partial charge in [-0.25, -0.2) is 14.5 Å². The molecule has 6 nitrogen and oxygen atoms in total. The number of carbonyl (C=O) groups excluding carboxylic acids is 2. The second-order valence-electron chi connectivity index (χ2n) is 6.99. The van der Waals surface area contributed by atoms with Crippen LogP contribution >= 0.6 is 11.6 Å². The van der Waals surface area contributed by atoms with Crippen molar-refractivity contribution in [2.75, 3.05) is 0 Å². The van der Waals surface area contributed by atoms with Gasteiger partial charge in [-0.1, -0.05) is 50.4 Å². The minimum atomic E-state index is -1.15. The van der Waals surface area contributed by atoms with Crippen molar-refractivity contribution in [2.24, 2.45) is 5.92 Å². The van der Waals surface area contributed by atoms with E-state index in [0.29, 0.717) is 17.9 Å². The first-order valence-electron chi connectivity index (χ1n) is 9.49. The fraction of sp³-hybridized carbons (Fsp3) is 0.550. The minimum Gasteiger partial charge on any atom is -0.480 e. The lowest BCUT2D eigenvalue weighted by Crippen LogP contribution is -2.68. The average Bonchev–Trinajstić information content (AvgIpc) is 2.59. The predicted molar refractivity (Wildman–Crippen MR) is 104 cm³/mol. The lowest BCUT2D eigenvalue weighted by atomic mass is 9.83. The van der Waals surface area contributed by atoms with Crippen LogP contribution in [0.5, 0.6) is 0 Å². The Balaban J connectivity index is 2.01. The van der Waals surface area contributed by atoms with E-state index in [1.165, 1.54) is 0 Å². The quantitative estimate of drug-likeness (QED) is 0.622. The molecule has 1 aromatic carbocycles. The second-order valence-corrected chi connectivity index (χ2v) is 7.43. The van der Waals surface area contributed by atoms with Gasteiger partial charge in [0.05, 0.1) is 5.92 Å². The summed E-state index contributed by atoms with van der Waals surface area (Å²) in [5, 5.41) is 12.9. The number of aryl methyl sites for hydroxylation is 1. The molecule has 2 atom stereocenters. The number of carboxylic acids is 1. The minimum absolute atomic E-state index is 0.0414. The number of β-lactam (4-membered cyclic amide) rings is 1. The van der Waals surface area contributed by atoms with Crippen molar-refractivity contribution in [1.29, 1.82) is 0 Å². The predicted octanol–water partition coefficient (Wildman–Crippen LogP) is 3.86. The van der Waals surface area contributed by atoms with Gasteiger partial charge in [0.25, 0.3) is 0 Å². The number of rotatable bonds is 9. The molecule has 0 radical (unpaired) electrons. The molecule has 0 bridgehead atoms. The van der Waals surface area contributed by atoms with Crippen LogP contribution in [0.2, 0.25) is 5.02 Å². The molecule has 2 unspecified atom stereocenters. The largest absolute Gasteiger partial charge is 0.480 e. The van der Waals surface area contributed by atoms with Gasteiger partial charge in [0, 0.05) is 11.1 Å². The van der Waals surface area contributed by atoms with E-state index < -0.39 is 29.9 Å². The molecule has 1 aliphatic rings. The molecule has 0 spiro atoms. The summed E-state index contributed by atoms with van der Waals surface area (Å²) in [4.78, 5) is 37.5. The van der Waals surface area contributed by atoms with E-state index in [-0.39, 0.29) is 6.04 Å². The molecule has 27 heavy (non-hydrogen) atoms. The maximum Gasteiger partial charge on any atom is 0.327 e. The summed E-state index contributed by atoms with van der Waals surface area (Å²) in [6.07, 6.45) is 4.32. The zero-order valence-electron chi connectivity index (χ0n) is 15.8. The standard InChI is InChI=1S/C20H27ClN2O4/c1-3-6-15(7-4-2)22-20(27)23-17(19(25)26)16(18(23)24)11-10-13-8-5-9-14(21)12-13/h5,8-9,12,15-17H,3-4,6-7,10-11H2,1-2H3,(H,22,27)(H,25,26). The average molecular weight is 395 g/mol. The van der Waals surface area contributed by atoms with Crippen molar-refractivity contribution in [1.82, 2.24) is 10.2 Å². The Morgan fingerprint density at radius 1 is 1.26 bits per heavy atom. The number of benzene rings is 1. The highest BCUT2D eigenvalue weighted by Crippen LogP contribution is 2.31. The van der Waals surface area contributed by atoms with Crippen molar-refractivity contribution in [3.8, 4) is 0 Å². The molecular weight excluding hydrogens is 368 g/mol. The van der Waals surface area contributed by atoms with Crippen LogP contribution in [0.4, 0.5) is 4.79 Å². The number of nitrogens with one attached hydrogen (secondary N) is 1. The molecule has 148 valence electrons. The van der Waals surface area contributed by atoms with Gasteiger partial charge < -0.3 is 10.4 Å². The van der Waals surface area contributed by atoms with Crippen molar-refractivity contribution < 1.29 is 19.5 Å². The third kappa shape index (κ3) is 5.22. The van der Waals surface area contributed by atoms with Gasteiger partial charge in [0.2, 0.25) is 5.91 Å². The van der Waals surface area contributed by atoms with Gasteiger partial charge in [-0.3, -0.25) is 4.79 Å². The Hall–Kier alpha value is -2.08. The van der Waals surface area contributed by atoms with E-state index in [0.717, 1.165) is 36.1 Å². The number of amides is 3. The summed E-state index contributed by atoms with van der Waals surface area (Å²) >= 11 is 5.96. The van der Waals surface area contributed by atoms with E-state index in [4.69, 9.17) is 11.6 Å². The first-order chi connectivity index (χ1) is 12.9. The lowest BCUT2D eigenvalue weighted by molar-refractivity contribution is -0.166. The zero-order chi connectivity index (χ0) is 20.0. The normalized spacial score (nSPS) is 19.1. The first-order valence-corrected chi connectivity index (χ1v) is 9.87. The van der Waals surface area contributed by atoms with Gasteiger partial charge in [-0.2, -0.15) is 0 Å². The number of halogens is 1. The van der Waals surface area contributed by atoms with Gasteiger partial charge in [-0.15, -0.1) is 0 Å². The van der Waals surface area contributed by atoms with Gasteiger partial charge in [-0.05, 0) is 43.4 Å². The first kappa shape index (κ1) is 21.2. The highest BCUT2D eigenvalue weighted by molar-refractivity contribution is 6.30. The molecule has 0 aromatic heterocycles. The van der Waals surface area contributed by atoms with Crippen LogP contribution in [0.1, 0.15) is 51.5 Å². The summed E-state index contributed by atoms with van der Waals surface area (Å²) in [7, 11) is 0. The van der Waals surface area contributed by atoms with Crippen LogP contribution in [-0.4, -0.2) is 40.0 Å². The smallest absolute Gasteiger partial charge is 0.327 e. The molecule has 0 saturated carbocycles. The molecule has 1 saturated heterocycles. The molecule has 7 heteroatoms. The van der Waals surface area contributed by atoms with E-state index >= 15 is 0 Å². The van der Waals surface area contributed by atoms with Gasteiger partial charge in [0.1, 0.15) is 0 Å². The number of hydrogen-bond donors (Lipinski definition) is 2. The van der Waals surface area contributed by atoms with Crippen LogP contribution in [0.3, 0.4) is 0 Å². The van der Waals surface area contributed by atoms with E-state index in [1.54, 1.807) is 12.1 Å². The maximum absolute atomic E-state index is 12.5. The summed E-state index contributed by atoms with van der Waals surface area (Å²) < 4.78 is 0. The van der Waals surface area contributed by atoms with Crippen molar-refractivity contribution in [3.05, 3.63) is 34.9 Å². The maximum atomic E-state index is 12.5. The summed E-state index contributed by atoms with van der Waals surface area (Å²) in [6.45, 7) is 4.05. The van der Waals surface area contributed by atoms with Crippen molar-refractivity contribution in [2.45, 2.75) is 64.5 Å². The topological polar surface area (TPSA) is 86.7 Å². The van der Waals surface area contributed by atoms with Crippen LogP contribution < -0.4 is 5.32 Å². The summed E-state index contributed by atoms with van der Waals surface area (Å²) in [5.41, 5.74) is 0.938. The Morgan fingerprint density at radius 3 is 2.48 bits per heavy atom. The number of carboxylic acid groups (broad SMARTS) is 1. The second kappa shape index (κ2) is 9.74. The summed E-state index contributed by atoms with van der Waals surface area (Å²) in [5.74, 6) is -2.26. The Labute approximate surface area is 164 Å².